The van der Waals surface area contributed by atoms with Crippen molar-refractivity contribution in [1.29, 1.82) is 0 Å². The van der Waals surface area contributed by atoms with Crippen LogP contribution in [0.4, 0.5) is 16.2 Å². The minimum absolute atomic E-state index is 0.0510. The van der Waals surface area contributed by atoms with E-state index < -0.39 is 0 Å². The highest BCUT2D eigenvalue weighted by Gasteiger charge is 2.22. The molecule has 2 heterocycles. The van der Waals surface area contributed by atoms with Gasteiger partial charge in [-0.05, 0) is 43.3 Å². The summed E-state index contributed by atoms with van der Waals surface area (Å²) < 4.78 is 0. The molecule has 6 heteroatoms. The zero-order chi connectivity index (χ0) is 18.8. The zero-order valence-electron chi connectivity index (χ0n) is 15.2. The van der Waals surface area contributed by atoms with Crippen molar-refractivity contribution in [2.75, 3.05) is 36.4 Å². The lowest BCUT2D eigenvalue weighted by Crippen LogP contribution is -2.50. The Kier molecular flexibility index (Phi) is 4.86. The van der Waals surface area contributed by atoms with E-state index >= 15 is 0 Å². The first kappa shape index (κ1) is 17.6. The van der Waals surface area contributed by atoms with Crippen LogP contribution >= 0.6 is 11.6 Å². The highest BCUT2D eigenvalue weighted by molar-refractivity contribution is 6.31. The summed E-state index contributed by atoms with van der Waals surface area (Å²) in [5.74, 6) is 0. The molecule has 1 aliphatic heterocycles. The van der Waals surface area contributed by atoms with Gasteiger partial charge in [-0.1, -0.05) is 29.3 Å². The molecule has 1 N–H and O–H groups in total. The molecule has 1 aromatic heterocycles. The lowest BCUT2D eigenvalue weighted by Gasteiger charge is -2.36. The molecular formula is C21H21ClN4O. The number of amides is 2. The topological polar surface area (TPSA) is 48.5 Å². The van der Waals surface area contributed by atoms with Crippen molar-refractivity contribution >= 4 is 39.9 Å². The molecule has 5 nitrogen and oxygen atoms in total. The van der Waals surface area contributed by atoms with Crippen molar-refractivity contribution in [3.8, 4) is 0 Å². The number of aromatic nitrogens is 1. The minimum atomic E-state index is -0.0510. The van der Waals surface area contributed by atoms with Crippen LogP contribution in [0.3, 0.4) is 0 Å². The maximum absolute atomic E-state index is 12.5. The average molecular weight is 381 g/mol. The number of pyridine rings is 1. The summed E-state index contributed by atoms with van der Waals surface area (Å²) in [5.41, 5.74) is 4.02. The van der Waals surface area contributed by atoms with Crippen LogP contribution in [0.15, 0.2) is 54.7 Å². The Hall–Kier alpha value is -2.79. The first-order chi connectivity index (χ1) is 13.1. The number of benzene rings is 2. The highest BCUT2D eigenvalue weighted by atomic mass is 35.5. The van der Waals surface area contributed by atoms with Gasteiger partial charge in [0.25, 0.3) is 0 Å². The molecule has 0 unspecified atom stereocenters. The Morgan fingerprint density at radius 2 is 1.78 bits per heavy atom. The molecule has 0 radical (unpaired) electrons. The van der Waals surface area contributed by atoms with E-state index in [0.717, 1.165) is 35.4 Å². The van der Waals surface area contributed by atoms with Gasteiger partial charge in [-0.25, -0.2) is 4.79 Å². The molecule has 0 spiro atoms. The maximum Gasteiger partial charge on any atom is 0.321 e. The number of rotatable bonds is 2. The van der Waals surface area contributed by atoms with Gasteiger partial charge in [0.05, 0.1) is 5.52 Å². The molecule has 0 bridgehead atoms. The summed E-state index contributed by atoms with van der Waals surface area (Å²) >= 11 is 6.08. The molecule has 4 rings (SSSR count). The van der Waals surface area contributed by atoms with Crippen molar-refractivity contribution in [3.63, 3.8) is 0 Å². The van der Waals surface area contributed by atoms with E-state index in [2.05, 4.69) is 15.2 Å². The number of aryl methyl sites for hydroxylation is 1. The highest BCUT2D eigenvalue weighted by Crippen LogP contribution is 2.28. The Bertz CT molecular complexity index is 966. The molecule has 0 atom stereocenters. The predicted octanol–water partition coefficient (Wildman–Crippen LogP) is 4.55. The van der Waals surface area contributed by atoms with Gasteiger partial charge in [0.15, 0.2) is 0 Å². The zero-order valence-corrected chi connectivity index (χ0v) is 15.9. The first-order valence-electron chi connectivity index (χ1n) is 9.02. The number of urea groups is 1. The molecule has 27 heavy (non-hydrogen) atoms. The van der Waals surface area contributed by atoms with E-state index in [1.807, 2.05) is 66.6 Å². The van der Waals surface area contributed by atoms with Crippen LogP contribution in [0.2, 0.25) is 5.02 Å². The third kappa shape index (κ3) is 3.83. The van der Waals surface area contributed by atoms with Gasteiger partial charge >= 0.3 is 6.03 Å². The number of hydrogen-bond acceptors (Lipinski definition) is 3. The second kappa shape index (κ2) is 7.45. The molecular weight excluding hydrogens is 360 g/mol. The molecule has 2 amide bonds. The van der Waals surface area contributed by atoms with Crippen LogP contribution in [0.1, 0.15) is 5.56 Å². The summed E-state index contributed by atoms with van der Waals surface area (Å²) in [6, 6.07) is 15.6. The molecule has 2 aromatic carbocycles. The monoisotopic (exact) mass is 380 g/mol. The van der Waals surface area contributed by atoms with E-state index in [9.17, 15) is 4.79 Å². The van der Waals surface area contributed by atoms with Gasteiger partial charge in [0, 0.05) is 54.2 Å². The van der Waals surface area contributed by atoms with E-state index in [1.165, 1.54) is 5.56 Å². The quantitative estimate of drug-likeness (QED) is 0.709. The van der Waals surface area contributed by atoms with Gasteiger partial charge in [0.2, 0.25) is 0 Å². The molecule has 0 aliphatic carbocycles. The van der Waals surface area contributed by atoms with Crippen molar-refractivity contribution in [3.05, 3.63) is 65.3 Å². The van der Waals surface area contributed by atoms with Crippen LogP contribution < -0.4 is 10.2 Å². The summed E-state index contributed by atoms with van der Waals surface area (Å²) in [6.07, 6.45) is 1.81. The molecule has 3 aromatic rings. The number of nitrogens with zero attached hydrogens (tertiary/aromatic N) is 3. The second-order valence-corrected chi connectivity index (χ2v) is 7.20. The standard InChI is InChI=1S/C21H21ClN4O/c1-15-2-5-17(6-3-15)24-21(27)26-12-10-25(11-13-26)20-8-9-23-19-14-16(22)4-7-18(19)20/h2-9,14H,10-13H2,1H3,(H,24,27). The SMILES string of the molecule is Cc1ccc(NC(=O)N2CCN(c3ccnc4cc(Cl)ccc34)CC2)cc1. The number of halogens is 1. The number of piperazine rings is 1. The van der Waals surface area contributed by atoms with Crippen LogP contribution in [0.5, 0.6) is 0 Å². The molecule has 0 saturated carbocycles. The summed E-state index contributed by atoms with van der Waals surface area (Å²) in [7, 11) is 0. The van der Waals surface area contributed by atoms with Gasteiger partial charge in [0.1, 0.15) is 0 Å². The van der Waals surface area contributed by atoms with Crippen molar-refractivity contribution < 1.29 is 4.79 Å². The number of carbonyl (C=O) groups is 1. The fourth-order valence-corrected chi connectivity index (χ4v) is 3.54. The summed E-state index contributed by atoms with van der Waals surface area (Å²) in [4.78, 5) is 21.1. The third-order valence-electron chi connectivity index (χ3n) is 4.89. The lowest BCUT2D eigenvalue weighted by atomic mass is 10.1. The third-order valence-corrected chi connectivity index (χ3v) is 5.13. The van der Waals surface area contributed by atoms with Gasteiger partial charge in [-0.3, -0.25) is 4.98 Å². The van der Waals surface area contributed by atoms with Crippen LogP contribution in [0, 0.1) is 6.92 Å². The van der Waals surface area contributed by atoms with Crippen molar-refractivity contribution in [2.45, 2.75) is 6.92 Å². The largest absolute Gasteiger partial charge is 0.367 e. The summed E-state index contributed by atoms with van der Waals surface area (Å²) in [5, 5.41) is 4.74. The number of anilines is 2. The fraction of sp³-hybridized carbons (Fsp3) is 0.238. The average Bonchev–Trinajstić information content (AvgIpc) is 2.69. The Morgan fingerprint density at radius 1 is 1.04 bits per heavy atom. The van der Waals surface area contributed by atoms with E-state index in [0.29, 0.717) is 18.1 Å². The number of fused-ring (bicyclic) bond motifs is 1. The van der Waals surface area contributed by atoms with Crippen LogP contribution in [-0.2, 0) is 0 Å². The smallest absolute Gasteiger partial charge is 0.321 e. The predicted molar refractivity (Wildman–Crippen MR) is 111 cm³/mol. The van der Waals surface area contributed by atoms with Gasteiger partial charge in [-0.2, -0.15) is 0 Å². The van der Waals surface area contributed by atoms with Crippen LogP contribution in [-0.4, -0.2) is 42.1 Å². The Morgan fingerprint density at radius 3 is 2.52 bits per heavy atom. The maximum atomic E-state index is 12.5. The molecule has 1 saturated heterocycles. The van der Waals surface area contributed by atoms with Gasteiger partial charge in [-0.15, -0.1) is 0 Å². The fourth-order valence-electron chi connectivity index (χ4n) is 3.37. The van der Waals surface area contributed by atoms with Crippen molar-refractivity contribution in [2.24, 2.45) is 0 Å². The summed E-state index contributed by atoms with van der Waals surface area (Å²) in [6.45, 7) is 4.94. The second-order valence-electron chi connectivity index (χ2n) is 6.76. The molecule has 1 fully saturated rings. The lowest BCUT2D eigenvalue weighted by molar-refractivity contribution is 0.208. The Balaban J connectivity index is 1.43. The normalized spacial score (nSPS) is 14.4. The van der Waals surface area contributed by atoms with Gasteiger partial charge < -0.3 is 15.1 Å². The molecule has 1 aliphatic rings. The minimum Gasteiger partial charge on any atom is -0.367 e. The number of carbonyl (C=O) groups excluding carboxylic acids is 1. The number of nitrogens with one attached hydrogen (secondary N) is 1. The van der Waals surface area contributed by atoms with Crippen LogP contribution in [0.25, 0.3) is 10.9 Å². The van der Waals surface area contributed by atoms with E-state index in [-0.39, 0.29) is 6.03 Å². The number of hydrogen-bond donors (Lipinski definition) is 1. The van der Waals surface area contributed by atoms with E-state index in [1.54, 1.807) is 0 Å². The van der Waals surface area contributed by atoms with E-state index in [4.69, 9.17) is 11.6 Å². The Labute approximate surface area is 163 Å². The molecule has 138 valence electrons. The first-order valence-corrected chi connectivity index (χ1v) is 9.40. The van der Waals surface area contributed by atoms with Crippen molar-refractivity contribution in [1.82, 2.24) is 9.88 Å².